The number of piperidine rings is 1. The van der Waals surface area contributed by atoms with Crippen molar-refractivity contribution >= 4 is 23.1 Å². The van der Waals surface area contributed by atoms with Crippen LogP contribution < -0.4 is 10.2 Å². The fraction of sp³-hybridized carbons (Fsp3) is 0.591. The SMILES string of the molecule is CCC(F)(F)CN1CC[C@@H](Cc2ccn3ncc(N4CCC(=O)NC4=O)c3c2)C[C@@H]1C. The molecule has 2 aliphatic heterocycles. The van der Waals surface area contributed by atoms with Crippen LogP contribution >= 0.6 is 0 Å². The van der Waals surface area contributed by atoms with Gasteiger partial charge in [-0.3, -0.25) is 19.9 Å². The molecular formula is C22H29F2N5O2. The van der Waals surface area contributed by atoms with Crippen LogP contribution in [-0.2, 0) is 11.2 Å². The van der Waals surface area contributed by atoms with Crippen molar-refractivity contribution in [3.8, 4) is 0 Å². The van der Waals surface area contributed by atoms with E-state index in [1.165, 1.54) is 6.92 Å². The van der Waals surface area contributed by atoms with Crippen LogP contribution in [0.5, 0.6) is 0 Å². The predicted octanol–water partition coefficient (Wildman–Crippen LogP) is 3.47. The molecule has 4 rings (SSSR count). The van der Waals surface area contributed by atoms with Gasteiger partial charge in [-0.15, -0.1) is 0 Å². The summed E-state index contributed by atoms with van der Waals surface area (Å²) in [5.41, 5.74) is 2.62. The summed E-state index contributed by atoms with van der Waals surface area (Å²) in [5, 5.41) is 6.68. The number of carbonyl (C=O) groups excluding carboxylic acids is 2. The van der Waals surface area contributed by atoms with E-state index in [1.807, 2.05) is 30.2 Å². The zero-order valence-electron chi connectivity index (χ0n) is 18.0. The minimum Gasteiger partial charge on any atom is -0.295 e. The third kappa shape index (κ3) is 4.71. The fourth-order valence-electron chi connectivity index (χ4n) is 4.62. The molecular weight excluding hydrogens is 404 g/mol. The Morgan fingerprint density at radius 3 is 2.81 bits per heavy atom. The number of aromatic nitrogens is 2. The third-order valence-corrected chi connectivity index (χ3v) is 6.51. The molecule has 9 heteroatoms. The Hall–Kier alpha value is -2.55. The molecule has 3 amide bonds. The highest BCUT2D eigenvalue weighted by molar-refractivity contribution is 6.07. The Morgan fingerprint density at radius 2 is 2.10 bits per heavy atom. The largest absolute Gasteiger partial charge is 0.328 e. The van der Waals surface area contributed by atoms with Crippen LogP contribution in [0.25, 0.3) is 5.52 Å². The van der Waals surface area contributed by atoms with Crippen molar-refractivity contribution in [3.05, 3.63) is 30.1 Å². The standard InChI is InChI=1S/C22H29F2N5O2/c1-3-22(23,24)14-27-7-4-16(10-15(27)2)11-17-5-9-29-18(12-17)19(13-25-29)28-8-6-20(30)26-21(28)31/h5,9,12-13,15-16H,3-4,6-8,10-11,14H2,1-2H3,(H,26,30,31)/t15-,16+/m0/s1. The number of carbonyl (C=O) groups is 2. The Morgan fingerprint density at radius 1 is 1.29 bits per heavy atom. The number of alkyl halides is 2. The summed E-state index contributed by atoms with van der Waals surface area (Å²) >= 11 is 0. The van der Waals surface area contributed by atoms with Crippen LogP contribution in [0.3, 0.4) is 0 Å². The molecule has 31 heavy (non-hydrogen) atoms. The van der Waals surface area contributed by atoms with Crippen molar-refractivity contribution in [2.45, 2.75) is 57.9 Å². The van der Waals surface area contributed by atoms with E-state index in [0.29, 0.717) is 24.7 Å². The van der Waals surface area contributed by atoms with E-state index in [4.69, 9.17) is 0 Å². The van der Waals surface area contributed by atoms with E-state index in [-0.39, 0.29) is 31.3 Å². The molecule has 2 aromatic heterocycles. The number of amides is 3. The lowest BCUT2D eigenvalue weighted by Crippen LogP contribution is -2.49. The van der Waals surface area contributed by atoms with Gasteiger partial charge in [0.05, 0.1) is 23.9 Å². The zero-order chi connectivity index (χ0) is 22.2. The van der Waals surface area contributed by atoms with Crippen molar-refractivity contribution < 1.29 is 18.4 Å². The maximum absolute atomic E-state index is 13.8. The van der Waals surface area contributed by atoms with Gasteiger partial charge >= 0.3 is 6.03 Å². The minimum absolute atomic E-state index is 0.125. The van der Waals surface area contributed by atoms with Crippen LogP contribution in [0, 0.1) is 5.92 Å². The molecule has 0 aliphatic carbocycles. The third-order valence-electron chi connectivity index (χ3n) is 6.51. The van der Waals surface area contributed by atoms with Gasteiger partial charge in [-0.1, -0.05) is 6.92 Å². The Kier molecular flexibility index (Phi) is 5.96. The molecule has 0 saturated carbocycles. The number of fused-ring (bicyclic) bond motifs is 1. The monoisotopic (exact) mass is 433 g/mol. The average Bonchev–Trinajstić information content (AvgIpc) is 3.13. The van der Waals surface area contributed by atoms with Gasteiger partial charge in [0.2, 0.25) is 5.91 Å². The Labute approximate surface area is 180 Å². The lowest BCUT2D eigenvalue weighted by Gasteiger charge is -2.39. The molecule has 2 aliphatic rings. The van der Waals surface area contributed by atoms with E-state index < -0.39 is 12.0 Å². The molecule has 2 aromatic rings. The lowest BCUT2D eigenvalue weighted by atomic mass is 9.86. The van der Waals surface area contributed by atoms with Crippen molar-refractivity contribution in [2.75, 3.05) is 24.5 Å². The second-order valence-corrected chi connectivity index (χ2v) is 8.77. The number of imide groups is 1. The van der Waals surface area contributed by atoms with Gasteiger partial charge in [0, 0.05) is 31.6 Å². The lowest BCUT2D eigenvalue weighted by molar-refractivity contribution is -0.120. The Bertz CT molecular complexity index is 976. The van der Waals surface area contributed by atoms with Crippen LogP contribution in [0.15, 0.2) is 24.5 Å². The Balaban J connectivity index is 1.45. The molecule has 0 bridgehead atoms. The molecule has 0 unspecified atom stereocenters. The first-order chi connectivity index (χ1) is 14.8. The van der Waals surface area contributed by atoms with Crippen molar-refractivity contribution in [1.82, 2.24) is 19.8 Å². The summed E-state index contributed by atoms with van der Waals surface area (Å²) in [6.45, 7) is 4.41. The fourth-order valence-corrected chi connectivity index (χ4v) is 4.62. The number of hydrogen-bond donors (Lipinski definition) is 1. The van der Waals surface area contributed by atoms with Gasteiger partial charge in [0.1, 0.15) is 0 Å². The highest BCUT2D eigenvalue weighted by Crippen LogP contribution is 2.31. The van der Waals surface area contributed by atoms with E-state index in [1.54, 1.807) is 15.6 Å². The molecule has 7 nitrogen and oxygen atoms in total. The van der Waals surface area contributed by atoms with Crippen LogP contribution in [-0.4, -0.2) is 58.1 Å². The average molecular weight is 434 g/mol. The first-order valence-electron chi connectivity index (χ1n) is 11.0. The summed E-state index contributed by atoms with van der Waals surface area (Å²) < 4.78 is 29.3. The summed E-state index contributed by atoms with van der Waals surface area (Å²) in [7, 11) is 0. The van der Waals surface area contributed by atoms with Crippen LogP contribution in [0.2, 0.25) is 0 Å². The van der Waals surface area contributed by atoms with E-state index in [0.717, 1.165) is 30.3 Å². The molecule has 1 N–H and O–H groups in total. The smallest absolute Gasteiger partial charge is 0.295 e. The number of rotatable bonds is 6. The second kappa shape index (κ2) is 8.53. The van der Waals surface area contributed by atoms with E-state index >= 15 is 0 Å². The molecule has 0 spiro atoms. The summed E-state index contributed by atoms with van der Waals surface area (Å²) in [6.07, 6.45) is 6.28. The zero-order valence-corrected chi connectivity index (χ0v) is 18.0. The molecule has 4 heterocycles. The number of pyridine rings is 1. The number of likely N-dealkylation sites (tertiary alicyclic amines) is 1. The summed E-state index contributed by atoms with van der Waals surface area (Å²) in [6, 6.07) is 3.75. The highest BCUT2D eigenvalue weighted by Gasteiger charge is 2.34. The first-order valence-corrected chi connectivity index (χ1v) is 11.0. The molecule has 2 saturated heterocycles. The number of halogens is 2. The molecule has 0 aromatic carbocycles. The van der Waals surface area contributed by atoms with Crippen LogP contribution in [0.1, 0.15) is 45.1 Å². The van der Waals surface area contributed by atoms with Crippen molar-refractivity contribution in [3.63, 3.8) is 0 Å². The van der Waals surface area contributed by atoms with Gasteiger partial charge in [0.25, 0.3) is 5.92 Å². The number of anilines is 1. The summed E-state index contributed by atoms with van der Waals surface area (Å²) in [5.74, 6) is -2.47. The van der Waals surface area contributed by atoms with Crippen molar-refractivity contribution in [2.24, 2.45) is 5.92 Å². The predicted molar refractivity (Wildman–Crippen MR) is 113 cm³/mol. The van der Waals surface area contributed by atoms with Gasteiger partial charge in [0.15, 0.2) is 0 Å². The normalized spacial score (nSPS) is 23.4. The molecule has 0 radical (unpaired) electrons. The van der Waals surface area contributed by atoms with E-state index in [2.05, 4.69) is 10.4 Å². The number of hydrogen-bond acceptors (Lipinski definition) is 4. The second-order valence-electron chi connectivity index (χ2n) is 8.77. The van der Waals surface area contributed by atoms with Gasteiger partial charge < -0.3 is 0 Å². The minimum atomic E-state index is -2.63. The molecule has 2 atom stereocenters. The summed E-state index contributed by atoms with van der Waals surface area (Å²) in [4.78, 5) is 27.1. The number of nitrogens with one attached hydrogen (secondary N) is 1. The first kappa shape index (κ1) is 21.7. The van der Waals surface area contributed by atoms with Gasteiger partial charge in [-0.2, -0.15) is 5.10 Å². The van der Waals surface area contributed by atoms with Crippen LogP contribution in [0.4, 0.5) is 19.3 Å². The van der Waals surface area contributed by atoms with Gasteiger partial charge in [-0.05, 0) is 56.3 Å². The van der Waals surface area contributed by atoms with E-state index in [9.17, 15) is 18.4 Å². The topological polar surface area (TPSA) is 70.0 Å². The maximum atomic E-state index is 13.8. The quantitative estimate of drug-likeness (QED) is 0.758. The van der Waals surface area contributed by atoms with Gasteiger partial charge in [-0.25, -0.2) is 18.1 Å². The highest BCUT2D eigenvalue weighted by atomic mass is 19.3. The number of urea groups is 1. The van der Waals surface area contributed by atoms with Crippen molar-refractivity contribution in [1.29, 1.82) is 0 Å². The molecule has 2 fully saturated rings. The number of nitrogens with zero attached hydrogens (tertiary/aromatic N) is 4. The molecule has 168 valence electrons. The maximum Gasteiger partial charge on any atom is 0.328 e.